The van der Waals surface area contributed by atoms with E-state index in [0.717, 1.165) is 5.03 Å². The Labute approximate surface area is 130 Å². The first-order valence-corrected chi connectivity index (χ1v) is 7.24. The van der Waals surface area contributed by atoms with Crippen LogP contribution in [-0.4, -0.2) is 27.8 Å². The van der Waals surface area contributed by atoms with Crippen LogP contribution in [0.2, 0.25) is 0 Å². The smallest absolute Gasteiger partial charge is 0.270 e. The van der Waals surface area contributed by atoms with E-state index in [1.165, 1.54) is 30.1 Å². The van der Waals surface area contributed by atoms with Crippen molar-refractivity contribution in [2.24, 2.45) is 5.10 Å². The van der Waals surface area contributed by atoms with Gasteiger partial charge in [0.15, 0.2) is 0 Å². The first-order valence-electron chi connectivity index (χ1n) is 6.25. The molecule has 0 bridgehead atoms. The number of hydrogen-bond donors (Lipinski definition) is 1. The van der Waals surface area contributed by atoms with Crippen LogP contribution in [0.15, 0.2) is 58.8 Å². The zero-order chi connectivity index (χ0) is 15.8. The molecule has 1 amide bonds. The van der Waals surface area contributed by atoms with Gasteiger partial charge in [-0.15, -0.1) is 0 Å². The normalized spacial score (nSPS) is 10.5. The molecule has 8 heteroatoms. The number of nitro benzene ring substituents is 1. The number of amides is 1. The summed E-state index contributed by atoms with van der Waals surface area (Å²) in [6, 6.07) is 11.4. The third kappa shape index (κ3) is 4.98. The lowest BCUT2D eigenvalue weighted by molar-refractivity contribution is -0.384. The molecule has 0 unspecified atom stereocenters. The quantitative estimate of drug-likeness (QED) is 0.381. The van der Waals surface area contributed by atoms with Gasteiger partial charge in [-0.2, -0.15) is 5.10 Å². The molecule has 1 aromatic heterocycles. The van der Waals surface area contributed by atoms with Gasteiger partial charge in [0.25, 0.3) is 5.69 Å². The van der Waals surface area contributed by atoms with Crippen LogP contribution >= 0.6 is 11.8 Å². The number of carbonyl (C=O) groups excluding carboxylic acids is 1. The molecule has 0 atom stereocenters. The SMILES string of the molecule is O=C(CSc1ccccn1)NN=Cc1cccc([N+](=O)[O-])c1. The van der Waals surface area contributed by atoms with Gasteiger partial charge in [-0.3, -0.25) is 14.9 Å². The van der Waals surface area contributed by atoms with E-state index in [0.29, 0.717) is 5.56 Å². The van der Waals surface area contributed by atoms with E-state index >= 15 is 0 Å². The molecule has 1 aromatic carbocycles. The van der Waals surface area contributed by atoms with Crippen molar-refractivity contribution in [2.45, 2.75) is 5.03 Å². The molecule has 1 N–H and O–H groups in total. The average Bonchev–Trinajstić information content (AvgIpc) is 2.54. The number of nitrogens with one attached hydrogen (secondary N) is 1. The van der Waals surface area contributed by atoms with Gasteiger partial charge in [0.1, 0.15) is 0 Å². The molecule has 1 heterocycles. The second kappa shape index (κ2) is 7.89. The van der Waals surface area contributed by atoms with Crippen molar-refractivity contribution >= 4 is 29.6 Å². The maximum atomic E-state index is 11.6. The summed E-state index contributed by atoms with van der Waals surface area (Å²) in [7, 11) is 0. The highest BCUT2D eigenvalue weighted by molar-refractivity contribution is 7.99. The molecule has 0 fully saturated rings. The Morgan fingerprint density at radius 2 is 2.23 bits per heavy atom. The molecule has 0 saturated carbocycles. The number of nitro groups is 1. The standard InChI is InChI=1S/C14H12N4O3S/c19-13(10-22-14-6-1-2-7-15-14)17-16-9-11-4-3-5-12(8-11)18(20)21/h1-9H,10H2,(H,17,19). The molecule has 112 valence electrons. The number of hydrazone groups is 1. The van der Waals surface area contributed by atoms with Gasteiger partial charge in [0.2, 0.25) is 5.91 Å². The fourth-order valence-electron chi connectivity index (χ4n) is 1.50. The molecule has 7 nitrogen and oxygen atoms in total. The fraction of sp³-hybridized carbons (Fsp3) is 0.0714. The van der Waals surface area contributed by atoms with Crippen molar-refractivity contribution in [3.8, 4) is 0 Å². The Morgan fingerprint density at radius 1 is 1.36 bits per heavy atom. The highest BCUT2D eigenvalue weighted by Gasteiger charge is 2.04. The molecular formula is C14H12N4O3S. The Bertz CT molecular complexity index is 691. The van der Waals surface area contributed by atoms with Crippen molar-refractivity contribution < 1.29 is 9.72 Å². The summed E-state index contributed by atoms with van der Waals surface area (Å²) < 4.78 is 0. The van der Waals surface area contributed by atoms with Crippen molar-refractivity contribution in [3.63, 3.8) is 0 Å². The monoisotopic (exact) mass is 316 g/mol. The van der Waals surface area contributed by atoms with Crippen molar-refractivity contribution in [1.82, 2.24) is 10.4 Å². The third-order valence-corrected chi connectivity index (χ3v) is 3.42. The third-order valence-electron chi connectivity index (χ3n) is 2.47. The molecule has 22 heavy (non-hydrogen) atoms. The molecule has 0 aliphatic rings. The molecule has 0 aliphatic heterocycles. The Kier molecular flexibility index (Phi) is 5.61. The predicted molar refractivity (Wildman–Crippen MR) is 83.8 cm³/mol. The second-order valence-electron chi connectivity index (χ2n) is 4.10. The second-order valence-corrected chi connectivity index (χ2v) is 5.10. The molecule has 0 spiro atoms. The van der Waals surface area contributed by atoms with Gasteiger partial charge >= 0.3 is 0 Å². The lowest BCUT2D eigenvalue weighted by Crippen LogP contribution is -2.19. The summed E-state index contributed by atoms with van der Waals surface area (Å²) in [6.07, 6.45) is 3.01. The van der Waals surface area contributed by atoms with E-state index in [-0.39, 0.29) is 17.3 Å². The summed E-state index contributed by atoms with van der Waals surface area (Å²) in [4.78, 5) is 25.8. The van der Waals surface area contributed by atoms with Gasteiger partial charge in [0, 0.05) is 23.9 Å². The molecule has 0 radical (unpaired) electrons. The summed E-state index contributed by atoms with van der Waals surface area (Å²) >= 11 is 1.29. The van der Waals surface area contributed by atoms with Gasteiger partial charge in [-0.1, -0.05) is 30.0 Å². The minimum absolute atomic E-state index is 0.0269. The number of thioether (sulfide) groups is 1. The van der Waals surface area contributed by atoms with Crippen LogP contribution in [0.1, 0.15) is 5.56 Å². The first kappa shape index (κ1) is 15.6. The maximum Gasteiger partial charge on any atom is 0.270 e. The van der Waals surface area contributed by atoms with Crippen LogP contribution in [0.3, 0.4) is 0 Å². The number of pyridine rings is 1. The topological polar surface area (TPSA) is 97.5 Å². The first-order chi connectivity index (χ1) is 10.6. The molecule has 0 saturated heterocycles. The molecular weight excluding hydrogens is 304 g/mol. The van der Waals surface area contributed by atoms with Crippen LogP contribution in [0, 0.1) is 10.1 Å². The lowest BCUT2D eigenvalue weighted by Gasteiger charge is -1.99. The molecule has 2 rings (SSSR count). The molecule has 0 aliphatic carbocycles. The maximum absolute atomic E-state index is 11.6. The van der Waals surface area contributed by atoms with Crippen LogP contribution in [0.5, 0.6) is 0 Å². The number of nitrogens with zero attached hydrogens (tertiary/aromatic N) is 3. The van der Waals surface area contributed by atoms with E-state index in [4.69, 9.17) is 0 Å². The minimum atomic E-state index is -0.487. The van der Waals surface area contributed by atoms with Crippen molar-refractivity contribution in [1.29, 1.82) is 0 Å². The van der Waals surface area contributed by atoms with Gasteiger partial charge in [-0.25, -0.2) is 10.4 Å². The highest BCUT2D eigenvalue weighted by atomic mass is 32.2. The largest absolute Gasteiger partial charge is 0.272 e. The number of rotatable bonds is 6. The zero-order valence-corrected chi connectivity index (χ0v) is 12.2. The minimum Gasteiger partial charge on any atom is -0.272 e. The Hall–Kier alpha value is -2.74. The van der Waals surface area contributed by atoms with Gasteiger partial charge < -0.3 is 0 Å². The number of non-ortho nitro benzene ring substituents is 1. The number of aromatic nitrogens is 1. The van der Waals surface area contributed by atoms with E-state index in [9.17, 15) is 14.9 Å². The predicted octanol–water partition coefficient (Wildman–Crippen LogP) is 2.23. The van der Waals surface area contributed by atoms with Gasteiger partial charge in [-0.05, 0) is 12.1 Å². The average molecular weight is 316 g/mol. The summed E-state index contributed by atoms with van der Waals surface area (Å²) in [5, 5.41) is 15.2. The highest BCUT2D eigenvalue weighted by Crippen LogP contribution is 2.13. The van der Waals surface area contributed by atoms with Gasteiger partial charge in [0.05, 0.1) is 21.9 Å². The lowest BCUT2D eigenvalue weighted by atomic mass is 10.2. The van der Waals surface area contributed by atoms with Crippen LogP contribution in [0.4, 0.5) is 5.69 Å². The fourth-order valence-corrected chi connectivity index (χ4v) is 2.16. The number of benzene rings is 1. The van der Waals surface area contributed by atoms with Crippen molar-refractivity contribution in [2.75, 3.05) is 5.75 Å². The van der Waals surface area contributed by atoms with Crippen LogP contribution in [-0.2, 0) is 4.79 Å². The van der Waals surface area contributed by atoms with E-state index in [1.807, 2.05) is 12.1 Å². The summed E-state index contributed by atoms with van der Waals surface area (Å²) in [5.41, 5.74) is 2.87. The zero-order valence-electron chi connectivity index (χ0n) is 11.4. The van der Waals surface area contributed by atoms with E-state index < -0.39 is 4.92 Å². The summed E-state index contributed by atoms with van der Waals surface area (Å²) in [5.74, 6) is -0.0964. The Morgan fingerprint density at radius 3 is 2.95 bits per heavy atom. The van der Waals surface area contributed by atoms with E-state index in [2.05, 4.69) is 15.5 Å². The number of hydrogen-bond acceptors (Lipinski definition) is 6. The van der Waals surface area contributed by atoms with E-state index in [1.54, 1.807) is 24.4 Å². The van der Waals surface area contributed by atoms with Crippen LogP contribution in [0.25, 0.3) is 0 Å². The van der Waals surface area contributed by atoms with Crippen molar-refractivity contribution in [3.05, 3.63) is 64.3 Å². The summed E-state index contributed by atoms with van der Waals surface area (Å²) in [6.45, 7) is 0. The van der Waals surface area contributed by atoms with Crippen LogP contribution < -0.4 is 5.43 Å². The number of carbonyl (C=O) groups is 1. The molecule has 2 aromatic rings. The Balaban J connectivity index is 1.83.